The summed E-state index contributed by atoms with van der Waals surface area (Å²) in [5, 5.41) is 8.88. The third kappa shape index (κ3) is 6.36. The summed E-state index contributed by atoms with van der Waals surface area (Å²) in [4.78, 5) is 2.47. The van der Waals surface area contributed by atoms with Gasteiger partial charge in [0.2, 0.25) is 0 Å². The summed E-state index contributed by atoms with van der Waals surface area (Å²) >= 11 is 0. The van der Waals surface area contributed by atoms with E-state index in [0.717, 1.165) is 51.8 Å². The zero-order valence-electron chi connectivity index (χ0n) is 11.1. The van der Waals surface area contributed by atoms with E-state index in [4.69, 9.17) is 14.6 Å². The summed E-state index contributed by atoms with van der Waals surface area (Å²) in [6, 6.07) is 0.740. The molecule has 0 aliphatic heterocycles. The Morgan fingerprint density at radius 1 is 1.12 bits per heavy atom. The number of aliphatic hydroxyl groups excluding tert-OH is 1. The van der Waals surface area contributed by atoms with E-state index in [-0.39, 0.29) is 6.61 Å². The van der Waals surface area contributed by atoms with Gasteiger partial charge in [0.05, 0.1) is 6.61 Å². The minimum absolute atomic E-state index is 0.290. The van der Waals surface area contributed by atoms with Crippen LogP contribution in [0.15, 0.2) is 0 Å². The molecule has 0 aromatic heterocycles. The minimum Gasteiger partial charge on any atom is -0.396 e. The molecule has 0 bridgehead atoms. The number of aliphatic hydroxyl groups is 1. The maximum absolute atomic E-state index is 8.88. The average Bonchev–Trinajstić information content (AvgIpc) is 2.27. The van der Waals surface area contributed by atoms with Crippen LogP contribution in [0, 0.1) is 0 Å². The van der Waals surface area contributed by atoms with E-state index in [2.05, 4.69) is 4.90 Å². The van der Waals surface area contributed by atoms with Gasteiger partial charge in [-0.15, -0.1) is 0 Å². The van der Waals surface area contributed by atoms with Crippen LogP contribution in [0.1, 0.15) is 32.1 Å². The van der Waals surface area contributed by atoms with E-state index in [1.54, 1.807) is 7.11 Å². The molecule has 17 heavy (non-hydrogen) atoms. The first-order chi connectivity index (χ1) is 8.38. The van der Waals surface area contributed by atoms with Gasteiger partial charge in [-0.3, -0.25) is 4.90 Å². The largest absolute Gasteiger partial charge is 0.396 e. The molecular weight excluding hydrogens is 218 g/mol. The van der Waals surface area contributed by atoms with Gasteiger partial charge in [0.15, 0.2) is 0 Å². The van der Waals surface area contributed by atoms with Gasteiger partial charge in [0.25, 0.3) is 0 Å². The lowest BCUT2D eigenvalue weighted by atomic mass is 9.91. The lowest BCUT2D eigenvalue weighted by molar-refractivity contribution is 0.0523. The molecule has 1 rings (SSSR count). The van der Waals surface area contributed by atoms with Crippen molar-refractivity contribution in [3.8, 4) is 0 Å². The second-order valence-corrected chi connectivity index (χ2v) is 4.66. The first kappa shape index (κ1) is 14.9. The van der Waals surface area contributed by atoms with E-state index in [0.29, 0.717) is 0 Å². The topological polar surface area (TPSA) is 41.9 Å². The van der Waals surface area contributed by atoms with Gasteiger partial charge in [-0.25, -0.2) is 0 Å². The molecule has 1 saturated carbocycles. The predicted molar refractivity (Wildman–Crippen MR) is 68.2 cm³/mol. The Labute approximate surface area is 105 Å². The fourth-order valence-electron chi connectivity index (χ4n) is 2.09. The first-order valence-electron chi connectivity index (χ1n) is 6.80. The normalized spacial score (nSPS) is 16.4. The zero-order chi connectivity index (χ0) is 12.3. The molecule has 0 aromatic rings. The smallest absolute Gasteiger partial charge is 0.0593 e. The number of hydrogen-bond donors (Lipinski definition) is 1. The van der Waals surface area contributed by atoms with Crippen LogP contribution in [-0.2, 0) is 9.47 Å². The van der Waals surface area contributed by atoms with Crippen LogP contribution in [0.3, 0.4) is 0 Å². The lowest BCUT2D eigenvalue weighted by Crippen LogP contribution is -2.42. The summed E-state index contributed by atoms with van der Waals surface area (Å²) in [5.41, 5.74) is 0. The molecule has 1 N–H and O–H groups in total. The highest BCUT2D eigenvalue weighted by Crippen LogP contribution is 2.24. The highest BCUT2D eigenvalue weighted by molar-refractivity contribution is 4.79. The van der Waals surface area contributed by atoms with Crippen molar-refractivity contribution in [2.75, 3.05) is 46.6 Å². The third-order valence-electron chi connectivity index (χ3n) is 3.35. The SMILES string of the molecule is COCCCOCCN(CCCO)C1CCC1. The van der Waals surface area contributed by atoms with E-state index in [1.807, 2.05) is 0 Å². The molecule has 4 heteroatoms. The highest BCUT2D eigenvalue weighted by atomic mass is 16.5. The Hall–Kier alpha value is -0.160. The molecule has 0 spiro atoms. The number of hydrogen-bond acceptors (Lipinski definition) is 4. The molecule has 0 atom stereocenters. The van der Waals surface area contributed by atoms with Crippen molar-refractivity contribution in [3.05, 3.63) is 0 Å². The molecule has 0 saturated heterocycles. The van der Waals surface area contributed by atoms with Gasteiger partial charge in [-0.1, -0.05) is 6.42 Å². The summed E-state index contributed by atoms with van der Waals surface area (Å²) in [7, 11) is 1.72. The van der Waals surface area contributed by atoms with Crippen molar-refractivity contribution in [3.63, 3.8) is 0 Å². The Morgan fingerprint density at radius 3 is 2.53 bits per heavy atom. The highest BCUT2D eigenvalue weighted by Gasteiger charge is 2.23. The molecule has 1 aliphatic rings. The lowest BCUT2D eigenvalue weighted by Gasteiger charge is -2.37. The zero-order valence-corrected chi connectivity index (χ0v) is 11.1. The minimum atomic E-state index is 0.290. The molecule has 0 amide bonds. The fraction of sp³-hybridized carbons (Fsp3) is 1.00. The number of ether oxygens (including phenoxy) is 2. The van der Waals surface area contributed by atoms with Gasteiger partial charge in [-0.05, 0) is 25.7 Å². The second-order valence-electron chi connectivity index (χ2n) is 4.66. The Kier molecular flexibility index (Phi) is 8.61. The quantitative estimate of drug-likeness (QED) is 0.557. The molecule has 0 radical (unpaired) electrons. The molecule has 102 valence electrons. The Morgan fingerprint density at radius 2 is 1.94 bits per heavy atom. The monoisotopic (exact) mass is 245 g/mol. The van der Waals surface area contributed by atoms with Gasteiger partial charge in [-0.2, -0.15) is 0 Å². The van der Waals surface area contributed by atoms with Crippen molar-refractivity contribution in [2.45, 2.75) is 38.1 Å². The Bertz CT molecular complexity index is 174. The summed E-state index contributed by atoms with van der Waals surface area (Å²) in [5.74, 6) is 0. The summed E-state index contributed by atoms with van der Waals surface area (Å²) < 4.78 is 10.5. The molecule has 0 aromatic carbocycles. The van der Waals surface area contributed by atoms with Crippen LogP contribution in [0.4, 0.5) is 0 Å². The molecule has 1 fully saturated rings. The van der Waals surface area contributed by atoms with Gasteiger partial charge in [0.1, 0.15) is 0 Å². The molecule has 1 aliphatic carbocycles. The predicted octanol–water partition coefficient (Wildman–Crippen LogP) is 1.28. The van der Waals surface area contributed by atoms with E-state index in [9.17, 15) is 0 Å². The summed E-state index contributed by atoms with van der Waals surface area (Å²) in [6.07, 6.45) is 5.83. The number of rotatable bonds is 11. The maximum atomic E-state index is 8.88. The number of nitrogens with zero attached hydrogens (tertiary/aromatic N) is 1. The van der Waals surface area contributed by atoms with Crippen LogP contribution >= 0.6 is 0 Å². The first-order valence-corrected chi connectivity index (χ1v) is 6.80. The van der Waals surface area contributed by atoms with Crippen molar-refractivity contribution in [2.24, 2.45) is 0 Å². The molecule has 0 unspecified atom stereocenters. The molecular formula is C13H27NO3. The van der Waals surface area contributed by atoms with Crippen molar-refractivity contribution >= 4 is 0 Å². The van der Waals surface area contributed by atoms with Gasteiger partial charge >= 0.3 is 0 Å². The standard InChI is InChI=1S/C13H27NO3/c1-16-10-4-11-17-12-8-14(7-3-9-15)13-5-2-6-13/h13,15H,2-12H2,1H3. The van der Waals surface area contributed by atoms with Crippen LogP contribution in [-0.4, -0.2) is 62.7 Å². The fourth-order valence-corrected chi connectivity index (χ4v) is 2.09. The van der Waals surface area contributed by atoms with E-state index >= 15 is 0 Å². The van der Waals surface area contributed by atoms with E-state index in [1.165, 1.54) is 19.3 Å². The van der Waals surface area contributed by atoms with Gasteiger partial charge < -0.3 is 14.6 Å². The second kappa shape index (κ2) is 9.83. The van der Waals surface area contributed by atoms with Crippen LogP contribution in [0.25, 0.3) is 0 Å². The van der Waals surface area contributed by atoms with Gasteiger partial charge in [0, 0.05) is 46.1 Å². The number of methoxy groups -OCH3 is 1. The van der Waals surface area contributed by atoms with Crippen LogP contribution in [0.2, 0.25) is 0 Å². The van der Waals surface area contributed by atoms with Crippen LogP contribution in [0.5, 0.6) is 0 Å². The van der Waals surface area contributed by atoms with E-state index < -0.39 is 0 Å². The summed E-state index contributed by atoms with van der Waals surface area (Å²) in [6.45, 7) is 4.65. The van der Waals surface area contributed by atoms with Crippen molar-refractivity contribution in [1.82, 2.24) is 4.90 Å². The third-order valence-corrected chi connectivity index (χ3v) is 3.35. The molecule has 4 nitrogen and oxygen atoms in total. The maximum Gasteiger partial charge on any atom is 0.0593 e. The van der Waals surface area contributed by atoms with Crippen molar-refractivity contribution in [1.29, 1.82) is 0 Å². The van der Waals surface area contributed by atoms with Crippen molar-refractivity contribution < 1.29 is 14.6 Å². The Balaban J connectivity index is 2.02. The van der Waals surface area contributed by atoms with Crippen LogP contribution < -0.4 is 0 Å². The molecule has 0 heterocycles. The average molecular weight is 245 g/mol.